The quantitative estimate of drug-likeness (QED) is 0.909. The Hall–Kier alpha value is -1.62. The zero-order valence-electron chi connectivity index (χ0n) is 10.6. The van der Waals surface area contributed by atoms with Gasteiger partial charge >= 0.3 is 0 Å². The van der Waals surface area contributed by atoms with E-state index in [1.807, 2.05) is 6.07 Å². The van der Waals surface area contributed by atoms with Crippen LogP contribution in [0.4, 0.5) is 17.5 Å². The molecule has 0 fully saturated rings. The summed E-state index contributed by atoms with van der Waals surface area (Å²) in [6.07, 6.45) is 1.72. The van der Waals surface area contributed by atoms with E-state index in [4.69, 9.17) is 0 Å². The van der Waals surface area contributed by atoms with E-state index in [0.29, 0.717) is 5.95 Å². The number of halogens is 1. The average Bonchev–Trinajstić information content (AvgIpc) is 2.36. The summed E-state index contributed by atoms with van der Waals surface area (Å²) in [6.45, 7) is 4.19. The van der Waals surface area contributed by atoms with Gasteiger partial charge in [-0.25, -0.2) is 4.98 Å². The van der Waals surface area contributed by atoms with Crippen LogP contribution in [0.15, 0.2) is 28.9 Å². The first-order valence-electron chi connectivity index (χ1n) is 5.64. The zero-order valence-corrected chi connectivity index (χ0v) is 12.2. The molecule has 0 atom stereocenters. The van der Waals surface area contributed by atoms with Crippen LogP contribution >= 0.6 is 15.9 Å². The highest BCUT2D eigenvalue weighted by Gasteiger charge is 2.05. The number of benzene rings is 1. The molecule has 0 aliphatic carbocycles. The number of aryl methyl sites for hydroxylation is 2. The molecule has 4 nitrogen and oxygen atoms in total. The molecule has 1 heterocycles. The van der Waals surface area contributed by atoms with Crippen LogP contribution < -0.4 is 10.6 Å². The van der Waals surface area contributed by atoms with Crippen molar-refractivity contribution in [2.45, 2.75) is 13.8 Å². The highest BCUT2D eigenvalue weighted by atomic mass is 79.9. The summed E-state index contributed by atoms with van der Waals surface area (Å²) in [5.74, 6) is 1.34. The zero-order chi connectivity index (χ0) is 13.1. The van der Waals surface area contributed by atoms with Gasteiger partial charge < -0.3 is 10.6 Å². The minimum absolute atomic E-state index is 0.588. The minimum atomic E-state index is 0.588. The van der Waals surface area contributed by atoms with Crippen molar-refractivity contribution < 1.29 is 0 Å². The van der Waals surface area contributed by atoms with Crippen LogP contribution in [-0.2, 0) is 0 Å². The fraction of sp³-hybridized carbons (Fsp3) is 0.231. The minimum Gasteiger partial charge on any atom is -0.357 e. The van der Waals surface area contributed by atoms with Gasteiger partial charge in [0.2, 0.25) is 5.95 Å². The van der Waals surface area contributed by atoms with Gasteiger partial charge in [0.05, 0.1) is 4.47 Å². The number of anilines is 3. The monoisotopic (exact) mass is 306 g/mol. The second-order valence-electron chi connectivity index (χ2n) is 4.06. The van der Waals surface area contributed by atoms with Crippen molar-refractivity contribution in [1.29, 1.82) is 0 Å². The Morgan fingerprint density at radius 3 is 2.61 bits per heavy atom. The van der Waals surface area contributed by atoms with E-state index >= 15 is 0 Å². The predicted octanol–water partition coefficient (Wildman–Crippen LogP) is 3.64. The van der Waals surface area contributed by atoms with Crippen LogP contribution in [0.3, 0.4) is 0 Å². The normalized spacial score (nSPS) is 10.2. The SMILES string of the molecule is CNc1ncc(Br)c(Nc2ccc(C)c(C)c2)n1. The maximum atomic E-state index is 4.36. The Balaban J connectivity index is 2.30. The number of nitrogens with zero attached hydrogens (tertiary/aromatic N) is 2. The van der Waals surface area contributed by atoms with E-state index in [1.54, 1.807) is 13.2 Å². The lowest BCUT2D eigenvalue weighted by molar-refractivity contribution is 1.14. The first-order chi connectivity index (χ1) is 8.60. The molecule has 0 bridgehead atoms. The van der Waals surface area contributed by atoms with Gasteiger partial charge in [-0.15, -0.1) is 0 Å². The smallest absolute Gasteiger partial charge is 0.224 e. The molecule has 1 aromatic carbocycles. The molecule has 94 valence electrons. The Bertz CT molecular complexity index is 569. The van der Waals surface area contributed by atoms with Crippen molar-refractivity contribution in [1.82, 2.24) is 9.97 Å². The summed E-state index contributed by atoms with van der Waals surface area (Å²) in [4.78, 5) is 8.48. The topological polar surface area (TPSA) is 49.8 Å². The van der Waals surface area contributed by atoms with Gasteiger partial charge in [0.25, 0.3) is 0 Å². The Kier molecular flexibility index (Phi) is 3.81. The Morgan fingerprint density at radius 1 is 1.17 bits per heavy atom. The van der Waals surface area contributed by atoms with Crippen LogP contribution in [-0.4, -0.2) is 17.0 Å². The van der Waals surface area contributed by atoms with Gasteiger partial charge in [-0.2, -0.15) is 4.98 Å². The second kappa shape index (κ2) is 5.35. The third kappa shape index (κ3) is 2.79. The maximum absolute atomic E-state index is 4.36. The Morgan fingerprint density at radius 2 is 1.94 bits per heavy atom. The van der Waals surface area contributed by atoms with Crippen LogP contribution in [0, 0.1) is 13.8 Å². The predicted molar refractivity (Wildman–Crippen MR) is 78.5 cm³/mol. The molecule has 18 heavy (non-hydrogen) atoms. The molecule has 2 N–H and O–H groups in total. The fourth-order valence-corrected chi connectivity index (χ4v) is 1.82. The number of hydrogen-bond donors (Lipinski definition) is 2. The molecule has 1 aromatic heterocycles. The van der Waals surface area contributed by atoms with Crippen LogP contribution in [0.2, 0.25) is 0 Å². The molecule has 0 unspecified atom stereocenters. The van der Waals surface area contributed by atoms with E-state index < -0.39 is 0 Å². The van der Waals surface area contributed by atoms with E-state index in [1.165, 1.54) is 11.1 Å². The van der Waals surface area contributed by atoms with Gasteiger partial charge in [-0.3, -0.25) is 0 Å². The summed E-state index contributed by atoms with van der Waals surface area (Å²) >= 11 is 3.43. The first kappa shape index (κ1) is 12.8. The maximum Gasteiger partial charge on any atom is 0.224 e. The van der Waals surface area contributed by atoms with Gasteiger partial charge in [-0.05, 0) is 53.0 Å². The third-order valence-electron chi connectivity index (χ3n) is 2.74. The van der Waals surface area contributed by atoms with Gasteiger partial charge in [-0.1, -0.05) is 6.07 Å². The molecular formula is C13H15BrN4. The molecule has 0 radical (unpaired) electrons. The molecule has 0 amide bonds. The standard InChI is InChI=1S/C13H15BrN4/c1-8-4-5-10(6-9(8)2)17-12-11(14)7-16-13(15-3)18-12/h4-7H,1-3H3,(H2,15,16,17,18). The van der Waals surface area contributed by atoms with E-state index in [-0.39, 0.29) is 0 Å². The lowest BCUT2D eigenvalue weighted by Crippen LogP contribution is -2.01. The lowest BCUT2D eigenvalue weighted by atomic mass is 10.1. The highest BCUT2D eigenvalue weighted by Crippen LogP contribution is 2.25. The fourth-order valence-electron chi connectivity index (χ4n) is 1.53. The van der Waals surface area contributed by atoms with Crippen LogP contribution in [0.25, 0.3) is 0 Å². The van der Waals surface area contributed by atoms with E-state index in [9.17, 15) is 0 Å². The number of rotatable bonds is 3. The summed E-state index contributed by atoms with van der Waals surface area (Å²) < 4.78 is 0.833. The van der Waals surface area contributed by atoms with Gasteiger partial charge in [0.15, 0.2) is 0 Å². The third-order valence-corrected chi connectivity index (χ3v) is 3.32. The summed E-state index contributed by atoms with van der Waals surface area (Å²) in [5.41, 5.74) is 3.54. The van der Waals surface area contributed by atoms with Crippen molar-refractivity contribution in [3.8, 4) is 0 Å². The van der Waals surface area contributed by atoms with Gasteiger partial charge in [0, 0.05) is 18.9 Å². The Labute approximate surface area is 115 Å². The lowest BCUT2D eigenvalue weighted by Gasteiger charge is -2.10. The van der Waals surface area contributed by atoms with E-state index in [0.717, 1.165) is 16.0 Å². The molecule has 0 saturated carbocycles. The van der Waals surface area contributed by atoms with Gasteiger partial charge in [0.1, 0.15) is 5.82 Å². The summed E-state index contributed by atoms with van der Waals surface area (Å²) in [7, 11) is 1.79. The molecule has 0 spiro atoms. The van der Waals surface area contributed by atoms with Crippen molar-refractivity contribution >= 4 is 33.4 Å². The number of hydrogen-bond acceptors (Lipinski definition) is 4. The van der Waals surface area contributed by atoms with Crippen molar-refractivity contribution in [3.63, 3.8) is 0 Å². The molecular weight excluding hydrogens is 292 g/mol. The molecule has 2 rings (SSSR count). The summed E-state index contributed by atoms with van der Waals surface area (Å²) in [6, 6.07) is 6.23. The molecule has 5 heteroatoms. The average molecular weight is 307 g/mol. The molecule has 0 saturated heterocycles. The van der Waals surface area contributed by atoms with Crippen LogP contribution in [0.1, 0.15) is 11.1 Å². The number of aromatic nitrogens is 2. The highest BCUT2D eigenvalue weighted by molar-refractivity contribution is 9.10. The van der Waals surface area contributed by atoms with Crippen molar-refractivity contribution in [3.05, 3.63) is 40.0 Å². The second-order valence-corrected chi connectivity index (χ2v) is 4.92. The molecule has 0 aliphatic heterocycles. The van der Waals surface area contributed by atoms with Crippen molar-refractivity contribution in [2.75, 3.05) is 17.7 Å². The molecule has 0 aliphatic rings. The largest absolute Gasteiger partial charge is 0.357 e. The van der Waals surface area contributed by atoms with Crippen LogP contribution in [0.5, 0.6) is 0 Å². The van der Waals surface area contributed by atoms with Crippen molar-refractivity contribution in [2.24, 2.45) is 0 Å². The van der Waals surface area contributed by atoms with E-state index in [2.05, 4.69) is 62.5 Å². The first-order valence-corrected chi connectivity index (χ1v) is 6.44. The molecule has 2 aromatic rings. The number of nitrogens with one attached hydrogen (secondary N) is 2. The summed E-state index contributed by atoms with van der Waals surface area (Å²) in [5, 5.41) is 6.19.